The molecule has 0 heterocycles. The second-order valence-electron chi connectivity index (χ2n) is 6.94. The molecular weight excluding hydrogens is 340 g/mol. The number of nitrogens with one attached hydrogen (secondary N) is 1. The van der Waals surface area contributed by atoms with Crippen molar-refractivity contribution in [1.82, 2.24) is 10.2 Å². The van der Waals surface area contributed by atoms with Gasteiger partial charge < -0.3 is 19.5 Å². The number of rotatable bonds is 10. The van der Waals surface area contributed by atoms with E-state index in [1.54, 1.807) is 21.3 Å². The lowest BCUT2D eigenvalue weighted by molar-refractivity contribution is 0.266. The van der Waals surface area contributed by atoms with Crippen LogP contribution in [-0.4, -0.2) is 39.3 Å². The molecular formula is C22H32N2O3. The maximum absolute atomic E-state index is 5.51. The molecule has 0 aliphatic carbocycles. The predicted octanol–water partition coefficient (Wildman–Crippen LogP) is 3.84. The van der Waals surface area contributed by atoms with Crippen molar-refractivity contribution < 1.29 is 14.2 Å². The molecule has 5 nitrogen and oxygen atoms in total. The molecule has 0 fully saturated rings. The quantitative estimate of drug-likeness (QED) is 0.686. The van der Waals surface area contributed by atoms with Crippen molar-refractivity contribution >= 4 is 0 Å². The molecule has 27 heavy (non-hydrogen) atoms. The third-order valence-corrected chi connectivity index (χ3v) is 4.75. The molecule has 5 heteroatoms. The maximum atomic E-state index is 5.51. The van der Waals surface area contributed by atoms with Crippen molar-refractivity contribution in [3.8, 4) is 17.2 Å². The average molecular weight is 373 g/mol. The molecule has 2 aromatic rings. The van der Waals surface area contributed by atoms with E-state index in [-0.39, 0.29) is 0 Å². The minimum atomic E-state index is 0.529. The molecule has 0 aromatic heterocycles. The molecule has 0 aliphatic rings. The Bertz CT molecular complexity index is 706. The third-order valence-electron chi connectivity index (χ3n) is 4.75. The monoisotopic (exact) mass is 372 g/mol. The lowest BCUT2D eigenvalue weighted by Crippen LogP contribution is -2.25. The molecule has 2 rings (SSSR count). The Morgan fingerprint density at radius 3 is 2.07 bits per heavy atom. The summed E-state index contributed by atoms with van der Waals surface area (Å²) in [7, 11) is 7.10. The van der Waals surface area contributed by atoms with E-state index < -0.39 is 0 Å². The molecule has 0 aliphatic heterocycles. The van der Waals surface area contributed by atoms with E-state index in [2.05, 4.69) is 55.4 Å². The maximum Gasteiger partial charge on any atom is 0.130 e. The number of ether oxygens (including phenoxy) is 3. The predicted molar refractivity (Wildman–Crippen MR) is 110 cm³/mol. The van der Waals surface area contributed by atoms with E-state index in [0.717, 1.165) is 35.9 Å². The summed E-state index contributed by atoms with van der Waals surface area (Å²) < 4.78 is 16.3. The number of methoxy groups -OCH3 is 3. The minimum Gasteiger partial charge on any atom is -0.496 e. The van der Waals surface area contributed by atoms with Gasteiger partial charge in [-0.15, -0.1) is 0 Å². The van der Waals surface area contributed by atoms with Crippen LogP contribution in [0.1, 0.15) is 30.5 Å². The van der Waals surface area contributed by atoms with Crippen LogP contribution in [0.3, 0.4) is 0 Å². The zero-order valence-electron chi connectivity index (χ0n) is 17.3. The molecule has 0 bridgehead atoms. The molecule has 0 atom stereocenters. The number of hydrogen-bond acceptors (Lipinski definition) is 5. The molecule has 0 radical (unpaired) electrons. The Balaban J connectivity index is 2.04. The lowest BCUT2D eigenvalue weighted by Gasteiger charge is -2.21. The van der Waals surface area contributed by atoms with Crippen molar-refractivity contribution in [2.45, 2.75) is 39.5 Å². The highest BCUT2D eigenvalue weighted by Crippen LogP contribution is 2.33. The van der Waals surface area contributed by atoms with Gasteiger partial charge in [0.1, 0.15) is 17.2 Å². The second kappa shape index (κ2) is 10.2. The van der Waals surface area contributed by atoms with Gasteiger partial charge in [-0.05, 0) is 32.0 Å². The molecule has 0 spiro atoms. The van der Waals surface area contributed by atoms with E-state index >= 15 is 0 Å². The van der Waals surface area contributed by atoms with Crippen LogP contribution in [0.2, 0.25) is 0 Å². The number of nitrogens with zero attached hydrogens (tertiary/aromatic N) is 1. The molecule has 1 N–H and O–H groups in total. The average Bonchev–Trinajstić information content (AvgIpc) is 2.67. The zero-order valence-corrected chi connectivity index (χ0v) is 17.3. The van der Waals surface area contributed by atoms with Gasteiger partial charge in [0.05, 0.1) is 26.9 Å². The van der Waals surface area contributed by atoms with E-state index in [9.17, 15) is 0 Å². The lowest BCUT2D eigenvalue weighted by atomic mass is 10.1. The highest BCUT2D eigenvalue weighted by atomic mass is 16.5. The smallest absolute Gasteiger partial charge is 0.130 e. The molecule has 0 unspecified atom stereocenters. The standard InChI is InChI=1S/C22H32N2O3/c1-16(2)24(3)15-18-9-7-8-17(10-18)13-23-14-20-21(26-5)11-19(25-4)12-22(20)27-6/h7-12,16,23H,13-15H2,1-6H3. The normalized spacial score (nSPS) is 11.1. The van der Waals surface area contributed by atoms with E-state index in [4.69, 9.17) is 14.2 Å². The van der Waals surface area contributed by atoms with Crippen molar-refractivity contribution in [3.05, 3.63) is 53.1 Å². The number of benzene rings is 2. The summed E-state index contributed by atoms with van der Waals surface area (Å²) in [5.41, 5.74) is 3.57. The highest BCUT2D eigenvalue weighted by Gasteiger charge is 2.13. The minimum absolute atomic E-state index is 0.529. The Hall–Kier alpha value is -2.24. The molecule has 2 aromatic carbocycles. The fourth-order valence-electron chi connectivity index (χ4n) is 2.89. The Morgan fingerprint density at radius 1 is 0.889 bits per heavy atom. The fourth-order valence-corrected chi connectivity index (χ4v) is 2.89. The zero-order chi connectivity index (χ0) is 19.8. The second-order valence-corrected chi connectivity index (χ2v) is 6.94. The Morgan fingerprint density at radius 2 is 1.52 bits per heavy atom. The summed E-state index contributed by atoms with van der Waals surface area (Å²) in [6.07, 6.45) is 0. The van der Waals surface area contributed by atoms with Crippen LogP contribution in [0.25, 0.3) is 0 Å². The van der Waals surface area contributed by atoms with Gasteiger partial charge >= 0.3 is 0 Å². The molecule has 0 saturated carbocycles. The topological polar surface area (TPSA) is 43.0 Å². The van der Waals surface area contributed by atoms with Gasteiger partial charge in [-0.25, -0.2) is 0 Å². The van der Waals surface area contributed by atoms with Crippen LogP contribution in [0.5, 0.6) is 17.2 Å². The van der Waals surface area contributed by atoms with E-state index in [1.807, 2.05) is 12.1 Å². The summed E-state index contributed by atoms with van der Waals surface area (Å²) in [5, 5.41) is 3.49. The van der Waals surface area contributed by atoms with Crippen molar-refractivity contribution in [3.63, 3.8) is 0 Å². The van der Waals surface area contributed by atoms with Crippen LogP contribution >= 0.6 is 0 Å². The van der Waals surface area contributed by atoms with Gasteiger partial charge in [0.15, 0.2) is 0 Å². The van der Waals surface area contributed by atoms with Gasteiger partial charge in [0, 0.05) is 37.8 Å². The van der Waals surface area contributed by atoms with Gasteiger partial charge in [-0.3, -0.25) is 4.90 Å². The number of hydrogen-bond donors (Lipinski definition) is 1. The summed E-state index contributed by atoms with van der Waals surface area (Å²) in [4.78, 5) is 2.33. The van der Waals surface area contributed by atoms with Gasteiger partial charge in [0.25, 0.3) is 0 Å². The van der Waals surface area contributed by atoms with Gasteiger partial charge in [-0.1, -0.05) is 24.3 Å². The van der Waals surface area contributed by atoms with Crippen molar-refractivity contribution in [2.24, 2.45) is 0 Å². The highest BCUT2D eigenvalue weighted by molar-refractivity contribution is 5.50. The first-order valence-corrected chi connectivity index (χ1v) is 9.26. The van der Waals surface area contributed by atoms with Crippen LogP contribution < -0.4 is 19.5 Å². The first kappa shape index (κ1) is 21.1. The van der Waals surface area contributed by atoms with Crippen molar-refractivity contribution in [2.75, 3.05) is 28.4 Å². The van der Waals surface area contributed by atoms with Gasteiger partial charge in [0.2, 0.25) is 0 Å². The van der Waals surface area contributed by atoms with Crippen LogP contribution in [0.4, 0.5) is 0 Å². The van der Waals surface area contributed by atoms with Crippen LogP contribution in [0, 0.1) is 0 Å². The van der Waals surface area contributed by atoms with E-state index in [0.29, 0.717) is 12.6 Å². The molecule has 0 saturated heterocycles. The first-order valence-electron chi connectivity index (χ1n) is 9.26. The van der Waals surface area contributed by atoms with Gasteiger partial charge in [-0.2, -0.15) is 0 Å². The summed E-state index contributed by atoms with van der Waals surface area (Å²) in [6, 6.07) is 13.0. The third kappa shape index (κ3) is 5.88. The van der Waals surface area contributed by atoms with E-state index in [1.165, 1.54) is 11.1 Å². The molecule has 0 amide bonds. The first-order chi connectivity index (χ1) is 13.0. The summed E-state index contributed by atoms with van der Waals surface area (Å²) in [5.74, 6) is 2.23. The summed E-state index contributed by atoms with van der Waals surface area (Å²) >= 11 is 0. The Kier molecular flexibility index (Phi) is 7.95. The van der Waals surface area contributed by atoms with Crippen molar-refractivity contribution in [1.29, 1.82) is 0 Å². The van der Waals surface area contributed by atoms with Crippen LogP contribution in [0.15, 0.2) is 36.4 Å². The fraction of sp³-hybridized carbons (Fsp3) is 0.455. The summed E-state index contributed by atoms with van der Waals surface area (Å²) in [6.45, 7) is 6.79. The Labute approximate surface area is 163 Å². The SMILES string of the molecule is COc1cc(OC)c(CNCc2cccc(CN(C)C(C)C)c2)c(OC)c1. The van der Waals surface area contributed by atoms with Crippen LogP contribution in [-0.2, 0) is 19.6 Å². The molecule has 148 valence electrons. The largest absolute Gasteiger partial charge is 0.496 e.